The molecule has 1 aromatic carbocycles. The number of carbonyl (C=O) groups is 1. The number of alkyl halides is 3. The zero-order chi connectivity index (χ0) is 17.5. The summed E-state index contributed by atoms with van der Waals surface area (Å²) in [5.41, 5.74) is -0.695. The molecule has 0 aromatic heterocycles. The number of benzene rings is 1. The van der Waals surface area contributed by atoms with Crippen molar-refractivity contribution in [1.29, 1.82) is 0 Å². The number of likely N-dealkylation sites (tertiary alicyclic amines) is 1. The summed E-state index contributed by atoms with van der Waals surface area (Å²) in [5, 5.41) is 10.2. The van der Waals surface area contributed by atoms with Crippen LogP contribution in [-0.2, 0) is 17.4 Å². The Morgan fingerprint density at radius 3 is 2.29 bits per heavy atom. The maximum atomic E-state index is 12.5. The van der Waals surface area contributed by atoms with E-state index in [0.717, 1.165) is 30.5 Å². The van der Waals surface area contributed by atoms with Gasteiger partial charge in [0.15, 0.2) is 0 Å². The van der Waals surface area contributed by atoms with Gasteiger partial charge in [0.25, 0.3) is 0 Å². The molecule has 3 nitrogen and oxygen atoms in total. The van der Waals surface area contributed by atoms with Crippen molar-refractivity contribution in [2.24, 2.45) is 11.8 Å². The summed E-state index contributed by atoms with van der Waals surface area (Å²) in [6.45, 7) is 2.95. The van der Waals surface area contributed by atoms with E-state index in [0.29, 0.717) is 19.5 Å². The van der Waals surface area contributed by atoms with Crippen molar-refractivity contribution in [2.45, 2.75) is 44.4 Å². The quantitative estimate of drug-likeness (QED) is 0.893. The maximum absolute atomic E-state index is 12.5. The van der Waals surface area contributed by atoms with Crippen molar-refractivity contribution in [3.05, 3.63) is 35.4 Å². The molecule has 2 fully saturated rings. The molecule has 0 radical (unpaired) electrons. The molecule has 6 heteroatoms. The minimum absolute atomic E-state index is 0.0319. The van der Waals surface area contributed by atoms with E-state index in [1.165, 1.54) is 12.1 Å². The van der Waals surface area contributed by atoms with E-state index in [-0.39, 0.29) is 24.2 Å². The number of nitrogens with zero attached hydrogens (tertiary/aromatic N) is 1. The Morgan fingerprint density at radius 1 is 1.21 bits per heavy atom. The highest BCUT2D eigenvalue weighted by Gasteiger charge is 2.43. The Bertz CT molecular complexity index is 600. The van der Waals surface area contributed by atoms with Crippen LogP contribution in [-0.4, -0.2) is 34.6 Å². The van der Waals surface area contributed by atoms with Crippen molar-refractivity contribution in [2.75, 3.05) is 13.1 Å². The van der Waals surface area contributed by atoms with E-state index in [9.17, 15) is 23.1 Å². The number of hydrogen-bond acceptors (Lipinski definition) is 2. The Hall–Kier alpha value is -1.56. The van der Waals surface area contributed by atoms with Gasteiger partial charge >= 0.3 is 6.18 Å². The third-order valence-electron chi connectivity index (χ3n) is 5.08. The number of hydrogen-bond donors (Lipinski definition) is 1. The second-order valence-corrected chi connectivity index (χ2v) is 7.37. The highest BCUT2D eigenvalue weighted by molar-refractivity contribution is 5.78. The summed E-state index contributed by atoms with van der Waals surface area (Å²) in [4.78, 5) is 13.9. The molecule has 1 saturated heterocycles. The molecule has 1 amide bonds. The fourth-order valence-electron chi connectivity index (χ4n) is 3.33. The van der Waals surface area contributed by atoms with Crippen molar-refractivity contribution >= 4 is 5.91 Å². The highest BCUT2D eigenvalue weighted by atomic mass is 19.4. The normalized spacial score (nSPS) is 21.3. The molecule has 1 N–H and O–H groups in total. The van der Waals surface area contributed by atoms with Gasteiger partial charge in [0.1, 0.15) is 0 Å². The monoisotopic (exact) mass is 341 g/mol. The van der Waals surface area contributed by atoms with E-state index in [2.05, 4.69) is 0 Å². The van der Waals surface area contributed by atoms with Gasteiger partial charge in [-0.05, 0) is 55.7 Å². The van der Waals surface area contributed by atoms with E-state index in [1.807, 2.05) is 0 Å². The first-order valence-electron chi connectivity index (χ1n) is 8.31. The van der Waals surface area contributed by atoms with Crippen LogP contribution < -0.4 is 0 Å². The first-order valence-corrected chi connectivity index (χ1v) is 8.31. The van der Waals surface area contributed by atoms with Crippen LogP contribution in [0.25, 0.3) is 0 Å². The summed E-state index contributed by atoms with van der Waals surface area (Å²) >= 11 is 0. The molecule has 24 heavy (non-hydrogen) atoms. The van der Waals surface area contributed by atoms with Crippen molar-refractivity contribution < 1.29 is 23.1 Å². The molecule has 3 rings (SSSR count). The van der Waals surface area contributed by atoms with Crippen LogP contribution in [0, 0.1) is 11.8 Å². The molecule has 1 atom stereocenters. The topological polar surface area (TPSA) is 40.5 Å². The van der Waals surface area contributed by atoms with E-state index < -0.39 is 17.3 Å². The van der Waals surface area contributed by atoms with Crippen LogP contribution in [0.2, 0.25) is 0 Å². The molecule has 1 heterocycles. The van der Waals surface area contributed by atoms with Gasteiger partial charge in [0, 0.05) is 13.1 Å². The van der Waals surface area contributed by atoms with Crippen LogP contribution in [0.3, 0.4) is 0 Å². The average Bonchev–Trinajstić information content (AvgIpc) is 3.26. The summed E-state index contributed by atoms with van der Waals surface area (Å²) in [7, 11) is 0. The predicted octanol–water partition coefficient (Wildman–Crippen LogP) is 3.26. The van der Waals surface area contributed by atoms with Crippen LogP contribution >= 0.6 is 0 Å². The summed E-state index contributed by atoms with van der Waals surface area (Å²) < 4.78 is 37.6. The summed E-state index contributed by atoms with van der Waals surface area (Å²) in [6, 6.07) is 5.21. The second-order valence-electron chi connectivity index (χ2n) is 7.37. The first kappa shape index (κ1) is 17.3. The third kappa shape index (κ3) is 3.91. The molecule has 1 unspecified atom stereocenters. The van der Waals surface area contributed by atoms with Crippen LogP contribution in [0.15, 0.2) is 24.3 Å². The molecule has 1 aromatic rings. The molecule has 0 spiro atoms. The maximum Gasteiger partial charge on any atom is 0.416 e. The zero-order valence-electron chi connectivity index (χ0n) is 13.6. The lowest BCUT2D eigenvalue weighted by atomic mass is 9.89. The van der Waals surface area contributed by atoms with Crippen molar-refractivity contribution in [3.63, 3.8) is 0 Å². The smallest absolute Gasteiger partial charge is 0.389 e. The molecule has 0 bridgehead atoms. The minimum Gasteiger partial charge on any atom is -0.389 e. The number of aliphatic hydroxyl groups is 1. The molecule has 1 aliphatic carbocycles. The van der Waals surface area contributed by atoms with Gasteiger partial charge in [-0.2, -0.15) is 13.2 Å². The Labute approximate surface area is 139 Å². The first-order chi connectivity index (χ1) is 11.1. The molecular formula is C18H22F3NO2. The third-order valence-corrected chi connectivity index (χ3v) is 5.08. The SMILES string of the molecule is CC(O)(CC(=O)N1CC(Cc2ccc(C(F)(F)F)cc2)C1)C1CC1. The van der Waals surface area contributed by atoms with Gasteiger partial charge in [-0.15, -0.1) is 0 Å². The van der Waals surface area contributed by atoms with Gasteiger partial charge in [-0.1, -0.05) is 12.1 Å². The summed E-state index contributed by atoms with van der Waals surface area (Å²) in [5.74, 6) is 0.484. The molecule has 1 aliphatic heterocycles. The Morgan fingerprint density at radius 2 is 1.79 bits per heavy atom. The van der Waals surface area contributed by atoms with Gasteiger partial charge in [-0.25, -0.2) is 0 Å². The molecule has 2 aliphatic rings. The van der Waals surface area contributed by atoms with E-state index in [1.54, 1.807) is 11.8 Å². The van der Waals surface area contributed by atoms with Crippen LogP contribution in [0.1, 0.15) is 37.3 Å². The van der Waals surface area contributed by atoms with Crippen molar-refractivity contribution in [1.82, 2.24) is 4.90 Å². The van der Waals surface area contributed by atoms with Gasteiger partial charge < -0.3 is 10.0 Å². The lowest BCUT2D eigenvalue weighted by Crippen LogP contribution is -2.52. The Kier molecular flexibility index (Phi) is 4.36. The van der Waals surface area contributed by atoms with Gasteiger partial charge in [0.05, 0.1) is 17.6 Å². The zero-order valence-corrected chi connectivity index (χ0v) is 13.6. The minimum atomic E-state index is -4.31. The van der Waals surface area contributed by atoms with Crippen LogP contribution in [0.4, 0.5) is 13.2 Å². The average molecular weight is 341 g/mol. The summed E-state index contributed by atoms with van der Waals surface area (Å²) in [6.07, 6.45) is -1.52. The van der Waals surface area contributed by atoms with Crippen molar-refractivity contribution in [3.8, 4) is 0 Å². The predicted molar refractivity (Wildman–Crippen MR) is 83.2 cm³/mol. The van der Waals surface area contributed by atoms with Gasteiger partial charge in [0.2, 0.25) is 5.91 Å². The number of amides is 1. The van der Waals surface area contributed by atoms with E-state index in [4.69, 9.17) is 0 Å². The molecular weight excluding hydrogens is 319 g/mol. The molecule has 132 valence electrons. The number of carbonyl (C=O) groups excluding carboxylic acids is 1. The highest BCUT2D eigenvalue weighted by Crippen LogP contribution is 2.41. The standard InChI is InChI=1S/C18H22F3NO2/c1-17(24,14-6-7-14)9-16(23)22-10-13(11-22)8-12-2-4-15(5-3-12)18(19,20)21/h2-5,13-14,24H,6-11H2,1H3. The fourth-order valence-corrected chi connectivity index (χ4v) is 3.33. The Balaban J connectivity index is 1.46. The second kappa shape index (κ2) is 6.06. The number of rotatable bonds is 5. The van der Waals surface area contributed by atoms with E-state index >= 15 is 0 Å². The lowest BCUT2D eigenvalue weighted by Gasteiger charge is -2.41. The fraction of sp³-hybridized carbons (Fsp3) is 0.611. The van der Waals surface area contributed by atoms with Crippen LogP contribution in [0.5, 0.6) is 0 Å². The largest absolute Gasteiger partial charge is 0.416 e. The number of halogens is 3. The lowest BCUT2D eigenvalue weighted by molar-refractivity contribution is -0.143. The van der Waals surface area contributed by atoms with Gasteiger partial charge in [-0.3, -0.25) is 4.79 Å². The molecule has 1 saturated carbocycles.